The van der Waals surface area contributed by atoms with E-state index in [9.17, 15) is 4.79 Å². The molecule has 2 rings (SSSR count). The Kier molecular flexibility index (Phi) is 3.50. The number of anilines is 3. The van der Waals surface area contributed by atoms with Crippen molar-refractivity contribution in [2.75, 3.05) is 36.1 Å². The number of carboxylic acid groups (broad SMARTS) is 1. The van der Waals surface area contributed by atoms with E-state index >= 15 is 0 Å². The predicted octanol–water partition coefficient (Wildman–Crippen LogP) is 0.401. The lowest BCUT2D eigenvalue weighted by atomic mass is 9.97. The molecule has 0 bridgehead atoms. The van der Waals surface area contributed by atoms with Crippen molar-refractivity contribution < 1.29 is 9.90 Å². The number of hydrogen-bond donors (Lipinski definition) is 3. The summed E-state index contributed by atoms with van der Waals surface area (Å²) in [6.07, 6.45) is 1.27. The van der Waals surface area contributed by atoms with Gasteiger partial charge in [0, 0.05) is 26.2 Å². The molecule has 98 valence electrons. The van der Waals surface area contributed by atoms with Crippen LogP contribution in [0.1, 0.15) is 12.8 Å². The number of aliphatic carboxylic acids is 1. The van der Waals surface area contributed by atoms with Crippen LogP contribution in [0, 0.1) is 5.92 Å². The maximum absolute atomic E-state index is 10.9. The SMILES string of the molecule is CNc1cc(N2CCC(C(=O)O)CC2)nc(N)n1. The van der Waals surface area contributed by atoms with Crippen LogP contribution >= 0.6 is 0 Å². The number of hydrogen-bond acceptors (Lipinski definition) is 6. The first-order valence-electron chi connectivity index (χ1n) is 5.90. The summed E-state index contributed by atoms with van der Waals surface area (Å²) in [6, 6.07) is 1.82. The van der Waals surface area contributed by atoms with E-state index in [4.69, 9.17) is 10.8 Å². The molecule has 2 heterocycles. The van der Waals surface area contributed by atoms with Gasteiger partial charge < -0.3 is 21.1 Å². The standard InChI is InChI=1S/C11H17N5O2/c1-13-8-6-9(15-11(12)14-8)16-4-2-7(3-5-16)10(17)18/h6-7H,2-5H2,1H3,(H,17,18)(H3,12,13,14,15). The van der Waals surface area contributed by atoms with Gasteiger partial charge in [-0.15, -0.1) is 0 Å². The van der Waals surface area contributed by atoms with E-state index in [0.29, 0.717) is 31.7 Å². The van der Waals surface area contributed by atoms with Crippen LogP contribution < -0.4 is 16.0 Å². The lowest BCUT2D eigenvalue weighted by Crippen LogP contribution is -2.36. The average Bonchev–Trinajstić information content (AvgIpc) is 2.38. The Morgan fingerprint density at radius 3 is 2.72 bits per heavy atom. The van der Waals surface area contributed by atoms with E-state index in [1.807, 2.05) is 11.0 Å². The minimum absolute atomic E-state index is 0.220. The van der Waals surface area contributed by atoms with Crippen LogP contribution in [0.25, 0.3) is 0 Å². The fourth-order valence-corrected chi connectivity index (χ4v) is 2.10. The molecule has 0 saturated carbocycles. The van der Waals surface area contributed by atoms with Crippen molar-refractivity contribution in [1.82, 2.24) is 9.97 Å². The summed E-state index contributed by atoms with van der Waals surface area (Å²) in [7, 11) is 1.77. The van der Waals surface area contributed by atoms with Crippen LogP contribution in [-0.4, -0.2) is 41.2 Å². The molecule has 1 aliphatic rings. The predicted molar refractivity (Wildman–Crippen MR) is 68.6 cm³/mol. The van der Waals surface area contributed by atoms with Crippen LogP contribution in [0.2, 0.25) is 0 Å². The number of piperidine rings is 1. The van der Waals surface area contributed by atoms with Gasteiger partial charge in [-0.1, -0.05) is 0 Å². The van der Waals surface area contributed by atoms with Gasteiger partial charge >= 0.3 is 5.97 Å². The van der Waals surface area contributed by atoms with Crippen molar-refractivity contribution in [3.63, 3.8) is 0 Å². The second-order valence-electron chi connectivity index (χ2n) is 4.32. The van der Waals surface area contributed by atoms with E-state index in [1.165, 1.54) is 0 Å². The molecular weight excluding hydrogens is 234 g/mol. The maximum atomic E-state index is 10.9. The minimum atomic E-state index is -0.715. The van der Waals surface area contributed by atoms with E-state index in [1.54, 1.807) is 7.05 Å². The molecule has 0 radical (unpaired) electrons. The summed E-state index contributed by atoms with van der Waals surface area (Å²) >= 11 is 0. The molecule has 0 unspecified atom stereocenters. The molecule has 1 aromatic heterocycles. The number of nitrogens with one attached hydrogen (secondary N) is 1. The molecular formula is C11H17N5O2. The third kappa shape index (κ3) is 2.61. The highest BCUT2D eigenvalue weighted by molar-refractivity contribution is 5.70. The molecule has 7 heteroatoms. The largest absolute Gasteiger partial charge is 0.481 e. The quantitative estimate of drug-likeness (QED) is 0.714. The van der Waals surface area contributed by atoms with Crippen molar-refractivity contribution in [2.24, 2.45) is 5.92 Å². The Bertz CT molecular complexity index is 443. The third-order valence-corrected chi connectivity index (χ3v) is 3.15. The van der Waals surface area contributed by atoms with Crippen molar-refractivity contribution in [1.29, 1.82) is 0 Å². The lowest BCUT2D eigenvalue weighted by molar-refractivity contribution is -0.142. The highest BCUT2D eigenvalue weighted by Crippen LogP contribution is 2.23. The summed E-state index contributed by atoms with van der Waals surface area (Å²) < 4.78 is 0. The summed E-state index contributed by atoms with van der Waals surface area (Å²) in [5.41, 5.74) is 5.63. The van der Waals surface area contributed by atoms with E-state index in [0.717, 1.165) is 5.82 Å². The molecule has 1 aliphatic heterocycles. The van der Waals surface area contributed by atoms with Gasteiger partial charge in [-0.05, 0) is 12.8 Å². The molecule has 1 saturated heterocycles. The number of nitrogens with zero attached hydrogens (tertiary/aromatic N) is 3. The normalized spacial score (nSPS) is 16.6. The van der Waals surface area contributed by atoms with Crippen LogP contribution in [0.5, 0.6) is 0 Å². The zero-order chi connectivity index (χ0) is 13.1. The van der Waals surface area contributed by atoms with Crippen LogP contribution in [0.3, 0.4) is 0 Å². The first-order chi connectivity index (χ1) is 8.60. The van der Waals surface area contributed by atoms with E-state index in [2.05, 4.69) is 15.3 Å². The molecule has 7 nitrogen and oxygen atoms in total. The van der Waals surface area contributed by atoms with Gasteiger partial charge in [0.2, 0.25) is 5.95 Å². The third-order valence-electron chi connectivity index (χ3n) is 3.15. The average molecular weight is 251 g/mol. The molecule has 18 heavy (non-hydrogen) atoms. The fraction of sp³-hybridized carbons (Fsp3) is 0.545. The molecule has 1 fully saturated rings. The number of aromatic nitrogens is 2. The van der Waals surface area contributed by atoms with Crippen molar-refractivity contribution >= 4 is 23.6 Å². The highest BCUT2D eigenvalue weighted by Gasteiger charge is 2.25. The van der Waals surface area contributed by atoms with Gasteiger partial charge in [0.1, 0.15) is 11.6 Å². The summed E-state index contributed by atoms with van der Waals surface area (Å²) in [5.74, 6) is 0.669. The smallest absolute Gasteiger partial charge is 0.306 e. The van der Waals surface area contributed by atoms with Crippen molar-refractivity contribution in [3.05, 3.63) is 6.07 Å². The van der Waals surface area contributed by atoms with E-state index in [-0.39, 0.29) is 11.9 Å². The molecule has 1 aromatic rings. The minimum Gasteiger partial charge on any atom is -0.481 e. The van der Waals surface area contributed by atoms with Crippen LogP contribution in [0.4, 0.5) is 17.6 Å². The van der Waals surface area contributed by atoms with Gasteiger partial charge in [0.15, 0.2) is 0 Å². The van der Waals surface area contributed by atoms with Crippen molar-refractivity contribution in [2.45, 2.75) is 12.8 Å². The van der Waals surface area contributed by atoms with Gasteiger partial charge in [0.05, 0.1) is 5.92 Å². The molecule has 0 aliphatic carbocycles. The Morgan fingerprint density at radius 2 is 2.17 bits per heavy atom. The second kappa shape index (κ2) is 5.07. The maximum Gasteiger partial charge on any atom is 0.306 e. The summed E-state index contributed by atoms with van der Waals surface area (Å²) in [4.78, 5) is 21.1. The topological polar surface area (TPSA) is 104 Å². The van der Waals surface area contributed by atoms with Crippen LogP contribution in [0.15, 0.2) is 6.07 Å². The first kappa shape index (κ1) is 12.4. The Labute approximate surface area is 105 Å². The first-order valence-corrected chi connectivity index (χ1v) is 5.90. The summed E-state index contributed by atoms with van der Waals surface area (Å²) in [6.45, 7) is 1.35. The number of carbonyl (C=O) groups is 1. The number of rotatable bonds is 3. The molecule has 0 amide bonds. The number of nitrogens with two attached hydrogens (primary N) is 1. The summed E-state index contributed by atoms with van der Waals surface area (Å²) in [5, 5.41) is 11.9. The number of carboxylic acids is 1. The van der Waals surface area contributed by atoms with Gasteiger partial charge in [-0.3, -0.25) is 4.79 Å². The van der Waals surface area contributed by atoms with E-state index < -0.39 is 5.97 Å². The number of nitrogen functional groups attached to an aromatic ring is 1. The van der Waals surface area contributed by atoms with Crippen molar-refractivity contribution in [3.8, 4) is 0 Å². The Hall–Kier alpha value is -2.05. The zero-order valence-corrected chi connectivity index (χ0v) is 10.3. The fourth-order valence-electron chi connectivity index (χ4n) is 2.10. The zero-order valence-electron chi connectivity index (χ0n) is 10.3. The monoisotopic (exact) mass is 251 g/mol. The Balaban J connectivity index is 2.09. The van der Waals surface area contributed by atoms with Crippen LogP contribution in [-0.2, 0) is 4.79 Å². The highest BCUT2D eigenvalue weighted by atomic mass is 16.4. The van der Waals surface area contributed by atoms with Gasteiger partial charge in [-0.25, -0.2) is 0 Å². The molecule has 0 aromatic carbocycles. The molecule has 4 N–H and O–H groups in total. The Morgan fingerprint density at radius 1 is 1.50 bits per heavy atom. The van der Waals surface area contributed by atoms with Gasteiger partial charge in [-0.2, -0.15) is 9.97 Å². The second-order valence-corrected chi connectivity index (χ2v) is 4.32. The lowest BCUT2D eigenvalue weighted by Gasteiger charge is -2.31. The molecule has 0 spiro atoms. The molecule has 0 atom stereocenters. The van der Waals surface area contributed by atoms with Gasteiger partial charge in [0.25, 0.3) is 0 Å².